The van der Waals surface area contributed by atoms with Crippen molar-refractivity contribution in [2.24, 2.45) is 0 Å². The van der Waals surface area contributed by atoms with E-state index < -0.39 is 0 Å². The number of ketones is 1. The van der Waals surface area contributed by atoms with Crippen LogP contribution < -0.4 is 14.8 Å². The van der Waals surface area contributed by atoms with Gasteiger partial charge in [-0.15, -0.1) is 0 Å². The van der Waals surface area contributed by atoms with Crippen molar-refractivity contribution in [3.63, 3.8) is 0 Å². The smallest absolute Gasteiger partial charge is 0.220 e. The summed E-state index contributed by atoms with van der Waals surface area (Å²) >= 11 is 0. The average molecular weight is 340 g/mol. The van der Waals surface area contributed by atoms with Gasteiger partial charge < -0.3 is 14.8 Å². The molecule has 130 valence electrons. The molecule has 1 aliphatic heterocycles. The van der Waals surface area contributed by atoms with Crippen LogP contribution in [0.15, 0.2) is 42.6 Å². The zero-order valence-corrected chi connectivity index (χ0v) is 13.9. The quantitative estimate of drug-likeness (QED) is 0.784. The molecule has 3 rings (SSSR count). The summed E-state index contributed by atoms with van der Waals surface area (Å²) in [6.45, 7) is 1.41. The molecular weight excluding hydrogens is 320 g/mol. The molecule has 0 radical (unpaired) electrons. The summed E-state index contributed by atoms with van der Waals surface area (Å²) in [5.74, 6) is 1.18. The summed E-state index contributed by atoms with van der Waals surface area (Å²) in [4.78, 5) is 28.2. The van der Waals surface area contributed by atoms with Gasteiger partial charge in [0.05, 0.1) is 12.2 Å². The van der Waals surface area contributed by atoms with Gasteiger partial charge in [-0.25, -0.2) is 0 Å². The van der Waals surface area contributed by atoms with Crippen LogP contribution in [0.1, 0.15) is 35.3 Å². The second kappa shape index (κ2) is 8.28. The van der Waals surface area contributed by atoms with Crippen LogP contribution in [-0.2, 0) is 11.3 Å². The predicted octanol–water partition coefficient (Wildman–Crippen LogP) is 2.52. The molecule has 6 heteroatoms. The van der Waals surface area contributed by atoms with E-state index in [4.69, 9.17) is 9.47 Å². The van der Waals surface area contributed by atoms with Crippen LogP contribution in [0, 0.1) is 0 Å². The number of carbonyl (C=O) groups is 2. The van der Waals surface area contributed by atoms with Crippen molar-refractivity contribution in [2.75, 3.05) is 13.2 Å². The van der Waals surface area contributed by atoms with Gasteiger partial charge in [0.15, 0.2) is 17.3 Å². The summed E-state index contributed by atoms with van der Waals surface area (Å²) in [5.41, 5.74) is 1.39. The summed E-state index contributed by atoms with van der Waals surface area (Å²) < 4.78 is 10.9. The number of ether oxygens (including phenoxy) is 2. The lowest BCUT2D eigenvalue weighted by atomic mass is 10.0. The van der Waals surface area contributed by atoms with E-state index in [1.807, 2.05) is 18.2 Å². The Morgan fingerprint density at radius 2 is 1.88 bits per heavy atom. The first-order valence-electron chi connectivity index (χ1n) is 8.32. The number of pyridine rings is 1. The number of hydrogen-bond donors (Lipinski definition) is 1. The zero-order valence-electron chi connectivity index (χ0n) is 13.9. The Hall–Kier alpha value is -2.89. The topological polar surface area (TPSA) is 77.5 Å². The first-order chi connectivity index (χ1) is 12.2. The summed E-state index contributed by atoms with van der Waals surface area (Å²) in [6.07, 6.45) is 2.81. The van der Waals surface area contributed by atoms with Crippen LogP contribution in [-0.4, -0.2) is 29.9 Å². The van der Waals surface area contributed by atoms with Crippen LogP contribution in [0.2, 0.25) is 0 Å². The number of nitrogens with zero attached hydrogens (tertiary/aromatic N) is 1. The Kier molecular flexibility index (Phi) is 5.61. The fourth-order valence-electron chi connectivity index (χ4n) is 2.55. The van der Waals surface area contributed by atoms with Crippen molar-refractivity contribution in [1.82, 2.24) is 10.3 Å². The molecule has 0 bridgehead atoms. The van der Waals surface area contributed by atoms with E-state index in [-0.39, 0.29) is 11.7 Å². The number of benzene rings is 1. The Bertz CT molecular complexity index is 746. The highest BCUT2D eigenvalue weighted by Crippen LogP contribution is 2.31. The molecule has 0 aliphatic carbocycles. The molecule has 1 aliphatic rings. The Balaban J connectivity index is 1.42. The second-order valence-corrected chi connectivity index (χ2v) is 5.73. The number of aromatic nitrogens is 1. The number of rotatable bonds is 7. The fourth-order valence-corrected chi connectivity index (χ4v) is 2.55. The second-order valence-electron chi connectivity index (χ2n) is 5.73. The maximum absolute atomic E-state index is 12.3. The standard InChI is InChI=1S/C19H20N2O4/c22-16(14-7-8-17-18(12-14)25-11-10-24-17)5-3-6-19(23)21-13-15-4-1-2-9-20-15/h1-2,4,7-9,12H,3,5-6,10-11,13H2,(H,21,23). The van der Waals surface area contributed by atoms with Crippen LogP contribution in [0.25, 0.3) is 0 Å². The van der Waals surface area contributed by atoms with Gasteiger partial charge in [-0.1, -0.05) is 6.07 Å². The SMILES string of the molecule is O=C(CCCC(=O)c1ccc2c(c1)OCCO2)NCc1ccccn1. The third-order valence-electron chi connectivity index (χ3n) is 3.86. The van der Waals surface area contributed by atoms with Gasteiger partial charge in [0.1, 0.15) is 13.2 Å². The van der Waals surface area contributed by atoms with Crippen LogP contribution >= 0.6 is 0 Å². The highest BCUT2D eigenvalue weighted by atomic mass is 16.6. The van der Waals surface area contributed by atoms with Gasteiger partial charge in [-0.3, -0.25) is 14.6 Å². The van der Waals surface area contributed by atoms with Gasteiger partial charge in [-0.2, -0.15) is 0 Å². The van der Waals surface area contributed by atoms with E-state index in [0.29, 0.717) is 56.1 Å². The normalized spacial score (nSPS) is 12.5. The highest BCUT2D eigenvalue weighted by molar-refractivity contribution is 5.96. The van der Waals surface area contributed by atoms with E-state index in [9.17, 15) is 9.59 Å². The lowest BCUT2D eigenvalue weighted by Gasteiger charge is -2.18. The predicted molar refractivity (Wildman–Crippen MR) is 91.7 cm³/mol. The minimum absolute atomic E-state index is 0.00509. The van der Waals surface area contributed by atoms with Crippen molar-refractivity contribution in [3.05, 3.63) is 53.9 Å². The molecule has 1 N–H and O–H groups in total. The Labute approximate surface area is 146 Å². The van der Waals surface area contributed by atoms with E-state index in [0.717, 1.165) is 5.69 Å². The molecule has 2 aromatic rings. The lowest BCUT2D eigenvalue weighted by Crippen LogP contribution is -2.23. The third-order valence-corrected chi connectivity index (χ3v) is 3.86. The molecule has 0 fully saturated rings. The molecule has 1 aromatic carbocycles. The molecule has 0 saturated heterocycles. The number of carbonyl (C=O) groups excluding carboxylic acids is 2. The van der Waals surface area contributed by atoms with Crippen LogP contribution in [0.3, 0.4) is 0 Å². The summed E-state index contributed by atoms with van der Waals surface area (Å²) in [5, 5.41) is 2.80. The fraction of sp³-hybridized carbons (Fsp3) is 0.316. The molecule has 0 unspecified atom stereocenters. The molecule has 1 aromatic heterocycles. The largest absolute Gasteiger partial charge is 0.486 e. The van der Waals surface area contributed by atoms with E-state index in [1.54, 1.807) is 24.4 Å². The Morgan fingerprint density at radius 3 is 2.68 bits per heavy atom. The van der Waals surface area contributed by atoms with Crippen molar-refractivity contribution in [1.29, 1.82) is 0 Å². The average Bonchev–Trinajstić information content (AvgIpc) is 2.66. The van der Waals surface area contributed by atoms with Crippen molar-refractivity contribution in [3.8, 4) is 11.5 Å². The van der Waals surface area contributed by atoms with Crippen LogP contribution in [0.5, 0.6) is 11.5 Å². The number of fused-ring (bicyclic) bond motifs is 1. The highest BCUT2D eigenvalue weighted by Gasteiger charge is 2.15. The number of Topliss-reactive ketones (excluding diaryl/α,β-unsaturated/α-hetero) is 1. The monoisotopic (exact) mass is 340 g/mol. The van der Waals surface area contributed by atoms with Gasteiger partial charge >= 0.3 is 0 Å². The van der Waals surface area contributed by atoms with Crippen molar-refractivity contribution >= 4 is 11.7 Å². The molecule has 1 amide bonds. The van der Waals surface area contributed by atoms with Crippen molar-refractivity contribution in [2.45, 2.75) is 25.8 Å². The minimum atomic E-state index is -0.0828. The van der Waals surface area contributed by atoms with Crippen LogP contribution in [0.4, 0.5) is 0 Å². The van der Waals surface area contributed by atoms with Gasteiger partial charge in [0, 0.05) is 24.6 Å². The summed E-state index contributed by atoms with van der Waals surface area (Å²) in [7, 11) is 0. The maximum Gasteiger partial charge on any atom is 0.220 e. The molecule has 0 spiro atoms. The number of hydrogen-bond acceptors (Lipinski definition) is 5. The zero-order chi connectivity index (χ0) is 17.5. The maximum atomic E-state index is 12.3. The van der Waals surface area contributed by atoms with Gasteiger partial charge in [0.2, 0.25) is 5.91 Å². The van der Waals surface area contributed by atoms with Gasteiger partial charge in [-0.05, 0) is 36.8 Å². The summed E-state index contributed by atoms with van der Waals surface area (Å²) in [6, 6.07) is 10.7. The molecule has 0 saturated carbocycles. The van der Waals surface area contributed by atoms with E-state index in [1.165, 1.54) is 0 Å². The Morgan fingerprint density at radius 1 is 1.04 bits per heavy atom. The molecule has 0 atom stereocenters. The molecule has 6 nitrogen and oxygen atoms in total. The van der Waals surface area contributed by atoms with Gasteiger partial charge in [0.25, 0.3) is 0 Å². The number of nitrogens with one attached hydrogen (secondary N) is 1. The lowest BCUT2D eigenvalue weighted by molar-refractivity contribution is -0.121. The number of amides is 1. The first kappa shape index (κ1) is 17.0. The molecule has 2 heterocycles. The van der Waals surface area contributed by atoms with E-state index in [2.05, 4.69) is 10.3 Å². The first-order valence-corrected chi connectivity index (χ1v) is 8.32. The minimum Gasteiger partial charge on any atom is -0.486 e. The molecule has 25 heavy (non-hydrogen) atoms. The van der Waals surface area contributed by atoms with Crippen molar-refractivity contribution < 1.29 is 19.1 Å². The van der Waals surface area contributed by atoms with E-state index >= 15 is 0 Å². The third kappa shape index (κ3) is 4.79. The molecular formula is C19H20N2O4.